The quantitative estimate of drug-likeness (QED) is 0.219. The second kappa shape index (κ2) is 20.3. The van der Waals surface area contributed by atoms with Gasteiger partial charge in [-0.2, -0.15) is 0 Å². The van der Waals surface area contributed by atoms with Crippen LogP contribution >= 0.6 is 0 Å². The second-order valence-electron chi connectivity index (χ2n) is 13.2. The third kappa shape index (κ3) is 12.3. The first-order valence-electron chi connectivity index (χ1n) is 17.0. The molecule has 3 saturated carbocycles. The van der Waals surface area contributed by atoms with Gasteiger partial charge in [-0.1, -0.05) is 70.5 Å². The highest BCUT2D eigenvalue weighted by atomic mass is 16.5. The molecule has 3 aliphatic rings. The van der Waals surface area contributed by atoms with Gasteiger partial charge in [0.25, 0.3) is 0 Å². The van der Waals surface area contributed by atoms with Gasteiger partial charge in [-0.3, -0.25) is 9.59 Å². The van der Waals surface area contributed by atoms with E-state index in [-0.39, 0.29) is 34.8 Å². The van der Waals surface area contributed by atoms with E-state index in [1.54, 1.807) is 59.5 Å². The van der Waals surface area contributed by atoms with E-state index in [2.05, 4.69) is 30.7 Å². The number of methoxy groups -OCH3 is 1. The van der Waals surface area contributed by atoms with Crippen molar-refractivity contribution in [3.05, 3.63) is 65.2 Å². The minimum atomic E-state index is -0.562. The van der Waals surface area contributed by atoms with E-state index >= 15 is 0 Å². The summed E-state index contributed by atoms with van der Waals surface area (Å²) in [5.41, 5.74) is 2.80. The van der Waals surface area contributed by atoms with Crippen molar-refractivity contribution in [2.45, 2.75) is 118 Å². The Hall–Kier alpha value is -3.03. The lowest BCUT2D eigenvalue weighted by molar-refractivity contribution is -0.140. The number of carbonyl (C=O) groups is 3. The van der Waals surface area contributed by atoms with Crippen molar-refractivity contribution in [2.24, 2.45) is 23.7 Å². The Morgan fingerprint density at radius 2 is 1.33 bits per heavy atom. The van der Waals surface area contributed by atoms with Crippen LogP contribution in [0, 0.1) is 23.7 Å². The first kappa shape index (κ1) is 41.0. The van der Waals surface area contributed by atoms with Crippen LogP contribution in [0.25, 0.3) is 0 Å². The molecular formula is C39H60O7. The zero-order chi connectivity index (χ0) is 33.6. The Balaban J connectivity index is 0.000000389. The fourth-order valence-corrected chi connectivity index (χ4v) is 6.95. The third-order valence-electron chi connectivity index (χ3n) is 9.83. The molecule has 0 saturated heterocycles. The number of esters is 1. The van der Waals surface area contributed by atoms with Gasteiger partial charge in [0, 0.05) is 30.7 Å². The number of aliphatic hydroxyl groups excluding tert-OH is 1. The van der Waals surface area contributed by atoms with Crippen molar-refractivity contribution in [1.82, 2.24) is 0 Å². The summed E-state index contributed by atoms with van der Waals surface area (Å²) in [6, 6.07) is 15.7. The summed E-state index contributed by atoms with van der Waals surface area (Å²) in [4.78, 5) is 31.8. The van der Waals surface area contributed by atoms with Gasteiger partial charge >= 0.3 is 5.97 Å². The number of carbonyl (C=O) groups excluding carboxylic acids is 3. The minimum Gasteiger partial charge on any atom is -0.497 e. The molecule has 5 rings (SSSR count). The van der Waals surface area contributed by atoms with Gasteiger partial charge < -0.3 is 24.9 Å². The van der Waals surface area contributed by atoms with Crippen LogP contribution in [0.15, 0.2) is 48.5 Å². The van der Waals surface area contributed by atoms with Crippen molar-refractivity contribution in [3.63, 3.8) is 0 Å². The van der Waals surface area contributed by atoms with E-state index in [4.69, 9.17) is 4.74 Å². The molecule has 2 aromatic rings. The molecule has 0 aromatic heterocycles. The minimum absolute atomic E-state index is 0. The maximum atomic E-state index is 12.1. The Morgan fingerprint density at radius 1 is 0.848 bits per heavy atom. The summed E-state index contributed by atoms with van der Waals surface area (Å²) in [7, 11) is 1.66. The van der Waals surface area contributed by atoms with Crippen LogP contribution in [0.5, 0.6) is 5.75 Å². The van der Waals surface area contributed by atoms with Crippen LogP contribution < -0.4 is 4.74 Å². The summed E-state index contributed by atoms with van der Waals surface area (Å²) in [5.74, 6) is 5.66. The number of rotatable bonds is 9. The Morgan fingerprint density at radius 3 is 1.70 bits per heavy atom. The molecule has 2 aromatic carbocycles. The van der Waals surface area contributed by atoms with Gasteiger partial charge in [0.05, 0.1) is 19.8 Å². The van der Waals surface area contributed by atoms with Crippen LogP contribution in [-0.2, 0) is 19.7 Å². The van der Waals surface area contributed by atoms with Gasteiger partial charge in [0.2, 0.25) is 0 Å². The average Bonchev–Trinajstić information content (AvgIpc) is 3.79. The van der Waals surface area contributed by atoms with Crippen LogP contribution in [-0.4, -0.2) is 47.9 Å². The normalized spacial score (nSPS) is 21.0. The number of hydrogen-bond acceptors (Lipinski definition) is 6. The highest BCUT2D eigenvalue weighted by Crippen LogP contribution is 2.58. The molecular weight excluding hydrogens is 580 g/mol. The van der Waals surface area contributed by atoms with Gasteiger partial charge in [-0.05, 0) is 99.3 Å². The van der Waals surface area contributed by atoms with Gasteiger partial charge in [0.15, 0.2) is 5.78 Å². The maximum Gasteiger partial charge on any atom is 0.302 e. The molecule has 5 atom stereocenters. The van der Waals surface area contributed by atoms with E-state index in [0.29, 0.717) is 25.0 Å². The summed E-state index contributed by atoms with van der Waals surface area (Å²) < 4.78 is 9.62. The number of hydrogen-bond donors (Lipinski definition) is 1. The van der Waals surface area contributed by atoms with Gasteiger partial charge in [-0.25, -0.2) is 0 Å². The van der Waals surface area contributed by atoms with E-state index < -0.39 is 6.10 Å². The molecule has 0 heterocycles. The molecule has 3 aliphatic carbocycles. The van der Waals surface area contributed by atoms with Crippen LogP contribution in [0.3, 0.4) is 0 Å². The van der Waals surface area contributed by atoms with Gasteiger partial charge in [-0.15, -0.1) is 0 Å². The zero-order valence-corrected chi connectivity index (χ0v) is 29.6. The molecule has 7 nitrogen and oxygen atoms in total. The fourth-order valence-electron chi connectivity index (χ4n) is 6.95. The molecule has 258 valence electrons. The lowest BCUT2D eigenvalue weighted by atomic mass is 9.78. The second-order valence-corrected chi connectivity index (χ2v) is 13.2. The average molecular weight is 641 g/mol. The van der Waals surface area contributed by atoms with E-state index in [1.807, 2.05) is 50.2 Å². The van der Waals surface area contributed by atoms with Crippen LogP contribution in [0.2, 0.25) is 0 Å². The highest BCUT2D eigenvalue weighted by molar-refractivity contribution is 5.96. The molecule has 0 spiro atoms. The zero-order valence-electron chi connectivity index (χ0n) is 29.6. The summed E-state index contributed by atoms with van der Waals surface area (Å²) in [6.07, 6.45) is 10.4. The number of ketones is 2. The molecule has 2 bridgehead atoms. The van der Waals surface area contributed by atoms with Crippen molar-refractivity contribution < 1.29 is 34.4 Å². The lowest BCUT2D eigenvalue weighted by Gasteiger charge is -2.26. The third-order valence-corrected chi connectivity index (χ3v) is 9.83. The Kier molecular flexibility index (Phi) is 18.1. The van der Waals surface area contributed by atoms with Crippen molar-refractivity contribution in [3.8, 4) is 5.75 Å². The van der Waals surface area contributed by atoms with E-state index in [9.17, 15) is 19.5 Å². The van der Waals surface area contributed by atoms with Gasteiger partial charge in [0.1, 0.15) is 11.5 Å². The van der Waals surface area contributed by atoms with Crippen molar-refractivity contribution in [2.75, 3.05) is 13.7 Å². The number of ether oxygens (including phenoxy) is 2. The number of fused-ring (bicyclic) bond motifs is 5. The molecule has 46 heavy (non-hydrogen) atoms. The molecule has 7 heteroatoms. The first-order chi connectivity index (χ1) is 21.4. The standard InChI is InChI=1S/C21H26O3.C10H16.C4H8O2.C4H8O.H2O/c1-5-18(22)14-20(23)15-6-8-16(9-7-15)21(2,3)17-10-12-19(24-4)13-11-17;1-2-9-7-4-5-8(6-7)10(9)3-1;1-3-6-4(2)5;1-3-4(2)5;/h6-13,18,22H,5,14H2,1-4H3;7-10H,1-6H2;3H2,1-2H3;3H2,1-2H3;1H2. The summed E-state index contributed by atoms with van der Waals surface area (Å²) in [6.45, 7) is 13.3. The van der Waals surface area contributed by atoms with Crippen LogP contribution in [0.4, 0.5) is 0 Å². The van der Waals surface area contributed by atoms with E-state index in [1.165, 1.54) is 36.2 Å². The van der Waals surface area contributed by atoms with Crippen molar-refractivity contribution in [1.29, 1.82) is 0 Å². The summed E-state index contributed by atoms with van der Waals surface area (Å²) in [5, 5.41) is 9.63. The molecule has 0 amide bonds. The van der Waals surface area contributed by atoms with Crippen LogP contribution in [0.1, 0.15) is 128 Å². The van der Waals surface area contributed by atoms with Crippen molar-refractivity contribution >= 4 is 17.5 Å². The Bertz CT molecular complexity index is 1170. The monoisotopic (exact) mass is 640 g/mol. The highest BCUT2D eigenvalue weighted by Gasteiger charge is 2.48. The number of benzene rings is 2. The lowest BCUT2D eigenvalue weighted by Crippen LogP contribution is -2.19. The number of Topliss-reactive ketones (excluding diaryl/α,β-unsaturated/α-hetero) is 2. The topological polar surface area (TPSA) is 121 Å². The first-order valence-corrected chi connectivity index (χ1v) is 17.0. The Labute approximate surface area is 277 Å². The van der Waals surface area contributed by atoms with E-state index in [0.717, 1.165) is 11.3 Å². The largest absolute Gasteiger partial charge is 0.497 e. The SMILES string of the molecule is C1CC2C3CCC(C3)C2C1.CCC(C)=O.CCC(O)CC(=O)c1ccc(C(C)(C)c2ccc(OC)cc2)cc1.CCOC(C)=O.O. The fraction of sp³-hybridized carbons (Fsp3) is 0.615. The summed E-state index contributed by atoms with van der Waals surface area (Å²) >= 11 is 0. The molecule has 3 fully saturated rings. The molecule has 0 radical (unpaired) electrons. The molecule has 5 unspecified atom stereocenters. The number of aliphatic hydroxyl groups is 1. The predicted molar refractivity (Wildman–Crippen MR) is 185 cm³/mol. The molecule has 0 aliphatic heterocycles. The predicted octanol–water partition coefficient (Wildman–Crippen LogP) is 7.93. The molecule has 3 N–H and O–H groups in total. The smallest absolute Gasteiger partial charge is 0.302 e. The maximum absolute atomic E-state index is 12.1.